The Labute approximate surface area is 204 Å². The fraction of sp³-hybridized carbons (Fsp3) is 0.400. The number of aliphatic carboxylic acids is 1. The summed E-state index contributed by atoms with van der Waals surface area (Å²) in [6.45, 7) is 4.32. The van der Waals surface area contributed by atoms with Gasteiger partial charge in [0, 0.05) is 31.6 Å². The van der Waals surface area contributed by atoms with Crippen molar-refractivity contribution in [2.24, 2.45) is 5.73 Å². The molecule has 10 nitrogen and oxygen atoms in total. The predicted octanol–water partition coefficient (Wildman–Crippen LogP) is 2.60. The van der Waals surface area contributed by atoms with Crippen molar-refractivity contribution in [1.82, 2.24) is 9.80 Å². The average Bonchev–Trinajstić information content (AvgIpc) is 3.31. The van der Waals surface area contributed by atoms with E-state index in [1.54, 1.807) is 36.1 Å². The lowest BCUT2D eigenvalue weighted by Gasteiger charge is -2.30. The number of nitrogens with two attached hydrogens (primary N) is 1. The Balaban J connectivity index is 1.49. The second-order valence-electron chi connectivity index (χ2n) is 8.79. The van der Waals surface area contributed by atoms with Crippen molar-refractivity contribution >= 4 is 17.8 Å². The van der Waals surface area contributed by atoms with Gasteiger partial charge in [-0.2, -0.15) is 0 Å². The van der Waals surface area contributed by atoms with Crippen molar-refractivity contribution in [2.75, 3.05) is 26.7 Å². The minimum absolute atomic E-state index is 0.00801. The summed E-state index contributed by atoms with van der Waals surface area (Å²) in [4.78, 5) is 15.8. The number of ether oxygens (including phenoxy) is 3. The summed E-state index contributed by atoms with van der Waals surface area (Å²) < 4.78 is 17.5. The zero-order chi connectivity index (χ0) is 25.1. The molecule has 35 heavy (non-hydrogen) atoms. The summed E-state index contributed by atoms with van der Waals surface area (Å²) >= 11 is 0. The monoisotopic (exact) mass is 481 g/mol. The average molecular weight is 482 g/mol. The molecule has 1 saturated heterocycles. The first-order valence-electron chi connectivity index (χ1n) is 11.5. The van der Waals surface area contributed by atoms with Crippen LogP contribution in [0, 0.1) is 10.8 Å². The minimum atomic E-state index is -1.23. The minimum Gasteiger partial charge on any atom is -0.493 e. The molecule has 2 aliphatic rings. The molecule has 0 radical (unpaired) electrons. The standard InChI is InChI=1S/C25H31N5O5/c1-15(26)29-10-8-20(14-29)34-19-5-3-16(4-6-19)23(24(31)32)35-22-11-17-7-9-30(25(27)28)13-18(17)12-21(22)33-2/h3-6,11-12,20,23,26H,7-10,13-14H2,1-2H3,(H3,27,28)(H,31,32). The van der Waals surface area contributed by atoms with E-state index < -0.39 is 12.1 Å². The molecule has 0 bridgehead atoms. The fourth-order valence-electron chi connectivity index (χ4n) is 4.45. The Morgan fingerprint density at radius 1 is 1.11 bits per heavy atom. The molecule has 4 rings (SSSR count). The molecule has 0 aliphatic carbocycles. The highest BCUT2D eigenvalue weighted by molar-refractivity contribution is 5.77. The van der Waals surface area contributed by atoms with Crippen LogP contribution in [-0.4, -0.2) is 65.5 Å². The van der Waals surface area contributed by atoms with Crippen LogP contribution in [-0.2, 0) is 17.8 Å². The van der Waals surface area contributed by atoms with Gasteiger partial charge in [0.25, 0.3) is 0 Å². The van der Waals surface area contributed by atoms with Crippen molar-refractivity contribution < 1.29 is 24.1 Å². The molecule has 10 heteroatoms. The summed E-state index contributed by atoms with van der Waals surface area (Å²) in [5.41, 5.74) is 8.09. The van der Waals surface area contributed by atoms with Crippen LogP contribution >= 0.6 is 0 Å². The second-order valence-corrected chi connectivity index (χ2v) is 8.79. The van der Waals surface area contributed by atoms with Crippen LogP contribution in [0.15, 0.2) is 36.4 Å². The largest absolute Gasteiger partial charge is 0.493 e. The molecule has 0 aromatic heterocycles. The van der Waals surface area contributed by atoms with E-state index in [0.717, 1.165) is 24.1 Å². The molecule has 2 aromatic carbocycles. The third-order valence-corrected chi connectivity index (χ3v) is 6.41. The maximum atomic E-state index is 12.1. The predicted molar refractivity (Wildman–Crippen MR) is 130 cm³/mol. The number of methoxy groups -OCH3 is 1. The zero-order valence-electron chi connectivity index (χ0n) is 19.9. The zero-order valence-corrected chi connectivity index (χ0v) is 19.9. The number of fused-ring (bicyclic) bond motifs is 1. The number of benzene rings is 2. The Bertz CT molecular complexity index is 1120. The van der Waals surface area contributed by atoms with E-state index in [-0.39, 0.29) is 12.1 Å². The summed E-state index contributed by atoms with van der Waals surface area (Å²) in [6.07, 6.45) is 0.262. The molecule has 2 unspecified atom stereocenters. The van der Waals surface area contributed by atoms with Gasteiger partial charge in [-0.05, 0) is 48.7 Å². The third kappa shape index (κ3) is 5.42. The summed E-state index contributed by atoms with van der Waals surface area (Å²) in [5, 5.41) is 25.3. The van der Waals surface area contributed by atoms with Gasteiger partial charge in [0.2, 0.25) is 6.10 Å². The first kappa shape index (κ1) is 24.2. The van der Waals surface area contributed by atoms with Gasteiger partial charge < -0.3 is 34.9 Å². The molecule has 5 N–H and O–H groups in total. The van der Waals surface area contributed by atoms with E-state index in [0.29, 0.717) is 54.7 Å². The summed E-state index contributed by atoms with van der Waals surface area (Å²) in [7, 11) is 1.51. The third-order valence-electron chi connectivity index (χ3n) is 6.41. The number of hydrogen-bond donors (Lipinski definition) is 4. The lowest BCUT2D eigenvalue weighted by molar-refractivity contribution is -0.145. The number of carboxylic acid groups (broad SMARTS) is 1. The van der Waals surface area contributed by atoms with E-state index in [9.17, 15) is 9.90 Å². The number of nitrogens with one attached hydrogen (secondary N) is 2. The van der Waals surface area contributed by atoms with Gasteiger partial charge in [-0.15, -0.1) is 0 Å². The van der Waals surface area contributed by atoms with E-state index in [1.807, 2.05) is 17.0 Å². The van der Waals surface area contributed by atoms with Crippen LogP contribution in [0.3, 0.4) is 0 Å². The molecule has 2 heterocycles. The van der Waals surface area contributed by atoms with E-state index in [2.05, 4.69) is 0 Å². The van der Waals surface area contributed by atoms with Crippen LogP contribution in [0.2, 0.25) is 0 Å². The molecular formula is C25H31N5O5. The van der Waals surface area contributed by atoms with Gasteiger partial charge in [0.1, 0.15) is 11.9 Å². The number of hydrogen-bond acceptors (Lipinski definition) is 6. The Morgan fingerprint density at radius 3 is 2.43 bits per heavy atom. The van der Waals surface area contributed by atoms with Crippen molar-refractivity contribution in [1.29, 1.82) is 10.8 Å². The van der Waals surface area contributed by atoms with Gasteiger partial charge in [-0.1, -0.05) is 12.1 Å². The normalized spacial score (nSPS) is 17.9. The van der Waals surface area contributed by atoms with Crippen molar-refractivity contribution in [3.8, 4) is 17.2 Å². The fourth-order valence-corrected chi connectivity index (χ4v) is 4.45. The molecule has 2 aromatic rings. The highest BCUT2D eigenvalue weighted by Crippen LogP contribution is 2.36. The summed E-state index contributed by atoms with van der Waals surface area (Å²) in [5.74, 6) is 0.851. The highest BCUT2D eigenvalue weighted by atomic mass is 16.5. The van der Waals surface area contributed by atoms with Crippen LogP contribution in [0.4, 0.5) is 0 Å². The number of amidine groups is 1. The SMILES string of the molecule is COc1cc2c(cc1OC(C(=O)O)c1ccc(OC3CCN(C(C)=N)C3)cc1)CCN(C(=N)N)C2. The molecular weight excluding hydrogens is 450 g/mol. The maximum Gasteiger partial charge on any atom is 0.349 e. The number of carbonyl (C=O) groups is 1. The lowest BCUT2D eigenvalue weighted by atomic mass is 9.99. The molecule has 2 atom stereocenters. The number of likely N-dealkylation sites (tertiary alicyclic amines) is 1. The molecule has 2 aliphatic heterocycles. The first-order valence-corrected chi connectivity index (χ1v) is 11.5. The van der Waals surface area contributed by atoms with Gasteiger partial charge >= 0.3 is 5.97 Å². The van der Waals surface area contributed by atoms with Crippen LogP contribution in [0.1, 0.15) is 36.1 Å². The van der Waals surface area contributed by atoms with Crippen molar-refractivity contribution in [2.45, 2.75) is 38.5 Å². The number of rotatable bonds is 7. The molecule has 1 fully saturated rings. The molecule has 0 spiro atoms. The van der Waals surface area contributed by atoms with Gasteiger partial charge in [-0.25, -0.2) is 4.79 Å². The van der Waals surface area contributed by atoms with Gasteiger partial charge in [-0.3, -0.25) is 10.8 Å². The molecule has 0 amide bonds. The summed E-state index contributed by atoms with van der Waals surface area (Å²) in [6, 6.07) is 10.5. The lowest BCUT2D eigenvalue weighted by Crippen LogP contribution is -2.40. The Kier molecular flexibility index (Phi) is 6.99. The molecule has 186 valence electrons. The van der Waals surface area contributed by atoms with E-state index >= 15 is 0 Å². The number of carboxylic acids is 1. The van der Waals surface area contributed by atoms with Crippen molar-refractivity contribution in [3.05, 3.63) is 53.1 Å². The number of nitrogens with zero attached hydrogens (tertiary/aromatic N) is 2. The van der Waals surface area contributed by atoms with Gasteiger partial charge in [0.15, 0.2) is 17.5 Å². The topological polar surface area (TPSA) is 145 Å². The Hall–Kier alpha value is -3.95. The maximum absolute atomic E-state index is 12.1. The number of guanidine groups is 1. The van der Waals surface area contributed by atoms with Crippen LogP contribution in [0.5, 0.6) is 17.2 Å². The van der Waals surface area contributed by atoms with Gasteiger partial charge in [0.05, 0.1) is 19.5 Å². The second kappa shape index (κ2) is 10.1. The molecule has 0 saturated carbocycles. The van der Waals surface area contributed by atoms with Crippen LogP contribution in [0.25, 0.3) is 0 Å². The highest BCUT2D eigenvalue weighted by Gasteiger charge is 2.27. The van der Waals surface area contributed by atoms with E-state index in [4.69, 9.17) is 30.8 Å². The smallest absolute Gasteiger partial charge is 0.349 e. The van der Waals surface area contributed by atoms with Crippen molar-refractivity contribution in [3.63, 3.8) is 0 Å². The van der Waals surface area contributed by atoms with E-state index in [1.165, 1.54) is 7.11 Å². The Morgan fingerprint density at radius 2 is 1.83 bits per heavy atom. The quantitative estimate of drug-likeness (QED) is 0.349. The first-order chi connectivity index (χ1) is 16.7. The van der Waals surface area contributed by atoms with Crippen LogP contribution < -0.4 is 19.9 Å².